The van der Waals surface area contributed by atoms with Crippen molar-refractivity contribution in [1.29, 1.82) is 0 Å². The zero-order chi connectivity index (χ0) is 31.2. The van der Waals surface area contributed by atoms with Crippen molar-refractivity contribution in [2.75, 3.05) is 52.1 Å². The summed E-state index contributed by atoms with van der Waals surface area (Å²) in [6, 6.07) is 9.34. The topological polar surface area (TPSA) is 123 Å². The minimum absolute atomic E-state index is 0.0988. The Morgan fingerprint density at radius 1 is 1.23 bits per heavy atom. The van der Waals surface area contributed by atoms with Crippen LogP contribution in [0.3, 0.4) is 0 Å². The van der Waals surface area contributed by atoms with E-state index in [0.29, 0.717) is 35.2 Å². The van der Waals surface area contributed by atoms with Crippen molar-refractivity contribution in [3.63, 3.8) is 0 Å². The first kappa shape index (κ1) is 30.0. The van der Waals surface area contributed by atoms with Gasteiger partial charge in [0.2, 0.25) is 5.95 Å². The molecule has 13 heteroatoms. The highest BCUT2D eigenvalue weighted by Gasteiger charge is 2.45. The minimum atomic E-state index is -2.43. The highest BCUT2D eigenvalue weighted by Crippen LogP contribution is 2.41. The van der Waals surface area contributed by atoms with Gasteiger partial charge in [-0.15, -0.1) is 6.58 Å². The zero-order valence-corrected chi connectivity index (χ0v) is 26.7. The van der Waals surface area contributed by atoms with Gasteiger partial charge < -0.3 is 19.9 Å². The number of anilines is 2. The summed E-state index contributed by atoms with van der Waals surface area (Å²) in [7, 11) is 3.91. The summed E-state index contributed by atoms with van der Waals surface area (Å²) in [5, 5.41) is 3.70. The molecule has 1 saturated carbocycles. The van der Waals surface area contributed by atoms with Crippen LogP contribution in [0.5, 0.6) is 5.75 Å². The van der Waals surface area contributed by atoms with Crippen LogP contribution in [0.15, 0.2) is 58.3 Å². The van der Waals surface area contributed by atoms with Crippen molar-refractivity contribution in [3.05, 3.63) is 70.7 Å². The number of allylic oxidation sites excluding steroid dienone is 1. The van der Waals surface area contributed by atoms with Crippen LogP contribution in [-0.4, -0.2) is 90.7 Å². The molecule has 0 spiro atoms. The number of benzene rings is 1. The molecule has 0 unspecified atom stereocenters. The summed E-state index contributed by atoms with van der Waals surface area (Å²) in [6.07, 6.45) is 9.44. The zero-order valence-electron chi connectivity index (χ0n) is 25.9. The van der Waals surface area contributed by atoms with Crippen molar-refractivity contribution in [3.8, 4) is 11.6 Å². The molecule has 2 aliphatic rings. The van der Waals surface area contributed by atoms with Crippen LogP contribution >= 0.6 is 0 Å². The molecular weight excluding hydrogens is 578 g/mol. The van der Waals surface area contributed by atoms with E-state index in [0.717, 1.165) is 43.8 Å². The molecule has 1 aliphatic carbocycles. The van der Waals surface area contributed by atoms with E-state index in [-0.39, 0.29) is 17.6 Å². The van der Waals surface area contributed by atoms with E-state index >= 15 is 0 Å². The number of nitrogens with zero attached hydrogens (tertiary/aromatic N) is 8. The number of aromatic nitrogens is 5. The molecule has 4 aromatic rings. The molecule has 0 amide bonds. The Balaban J connectivity index is 1.40. The molecule has 0 saturated heterocycles. The van der Waals surface area contributed by atoms with Crippen molar-refractivity contribution >= 4 is 38.2 Å². The minimum Gasteiger partial charge on any atom is -0.491 e. The predicted molar refractivity (Wildman–Crippen MR) is 174 cm³/mol. The Kier molecular flexibility index (Phi) is 7.80. The van der Waals surface area contributed by atoms with E-state index in [9.17, 15) is 9.00 Å². The third kappa shape index (κ3) is 5.99. The lowest BCUT2D eigenvalue weighted by Gasteiger charge is -2.29. The lowest BCUT2D eigenvalue weighted by Crippen LogP contribution is -2.36. The standard InChI is InChI=1S/C31H39N9O3S/c1-7-14-39-29(41)24-18-32-30(35-28(24)40(39)27-10-8-9-26(34-27)36-44(5,6)42)33-22-16-21-19-38(4)15-11-23(21)25(17-22)43-20-31(12-13-31)37(2)3/h7-10,16-18H,1,11-15,19-20H2,2-6H3,(H,32,33,35). The van der Waals surface area contributed by atoms with Crippen LogP contribution in [0.25, 0.3) is 16.9 Å². The monoisotopic (exact) mass is 617 g/mol. The van der Waals surface area contributed by atoms with Crippen molar-refractivity contribution in [2.24, 2.45) is 4.36 Å². The summed E-state index contributed by atoms with van der Waals surface area (Å²) in [6.45, 7) is 6.48. The molecule has 0 atom stereocenters. The molecule has 232 valence electrons. The summed E-state index contributed by atoms with van der Waals surface area (Å²) in [5.74, 6) is 1.93. The number of hydrogen-bond donors (Lipinski definition) is 1. The van der Waals surface area contributed by atoms with E-state index in [4.69, 9.17) is 9.72 Å². The van der Waals surface area contributed by atoms with E-state index in [2.05, 4.69) is 63.2 Å². The van der Waals surface area contributed by atoms with Gasteiger partial charge in [0.15, 0.2) is 17.3 Å². The second kappa shape index (κ2) is 11.5. The first-order valence-electron chi connectivity index (χ1n) is 14.6. The van der Waals surface area contributed by atoms with Crippen LogP contribution < -0.4 is 15.6 Å². The Morgan fingerprint density at radius 2 is 2.02 bits per heavy atom. The Hall–Kier alpha value is -4.07. The van der Waals surface area contributed by atoms with Gasteiger partial charge in [0.05, 0.1) is 12.1 Å². The van der Waals surface area contributed by atoms with Gasteiger partial charge in [-0.3, -0.25) is 4.79 Å². The lowest BCUT2D eigenvalue weighted by atomic mass is 9.98. The van der Waals surface area contributed by atoms with Crippen LogP contribution in [0.4, 0.5) is 17.5 Å². The predicted octanol–water partition coefficient (Wildman–Crippen LogP) is 3.73. The average Bonchev–Trinajstić information content (AvgIpc) is 3.71. The van der Waals surface area contributed by atoms with Crippen LogP contribution in [0, 0.1) is 0 Å². The fraction of sp³-hybridized carbons (Fsp3) is 0.419. The molecule has 3 aromatic heterocycles. The summed E-state index contributed by atoms with van der Waals surface area (Å²) in [4.78, 5) is 31.9. The van der Waals surface area contributed by atoms with Gasteiger partial charge in [-0.2, -0.15) is 9.35 Å². The van der Waals surface area contributed by atoms with Gasteiger partial charge in [-0.1, -0.05) is 12.1 Å². The molecule has 1 N–H and O–H groups in total. The van der Waals surface area contributed by atoms with Gasteiger partial charge in [-0.05, 0) is 64.2 Å². The number of fused-ring (bicyclic) bond motifs is 2. The summed E-state index contributed by atoms with van der Waals surface area (Å²) in [5.41, 5.74) is 3.46. The van der Waals surface area contributed by atoms with E-state index in [1.807, 2.05) is 6.07 Å². The second-order valence-corrected chi connectivity index (χ2v) is 14.7. The number of rotatable bonds is 10. The quantitative estimate of drug-likeness (QED) is 0.265. The Labute approximate surface area is 257 Å². The molecule has 1 aromatic carbocycles. The largest absolute Gasteiger partial charge is 0.491 e. The first-order valence-corrected chi connectivity index (χ1v) is 17.0. The molecule has 1 fully saturated rings. The Morgan fingerprint density at radius 3 is 2.73 bits per heavy atom. The van der Waals surface area contributed by atoms with Crippen LogP contribution in [0.2, 0.25) is 0 Å². The molecule has 4 heterocycles. The van der Waals surface area contributed by atoms with E-state index < -0.39 is 9.73 Å². The number of likely N-dealkylation sites (N-methyl/N-ethyl adjacent to an activating group) is 2. The molecular formula is C31H39N9O3S. The summed E-state index contributed by atoms with van der Waals surface area (Å²) < 4.78 is 26.2. The highest BCUT2D eigenvalue weighted by atomic mass is 32.2. The van der Waals surface area contributed by atoms with Gasteiger partial charge >= 0.3 is 0 Å². The second-order valence-electron chi connectivity index (χ2n) is 12.2. The van der Waals surface area contributed by atoms with E-state index in [1.165, 1.54) is 22.0 Å². The maximum absolute atomic E-state index is 13.4. The molecule has 6 rings (SSSR count). The SMILES string of the molecule is C=CCn1c(=O)c2cnc(Nc3cc4c(c(OCC5(N(C)C)CC5)c3)CCN(C)C4)nc2n1-c1cccc(N=S(C)(C)=O)n1. The van der Waals surface area contributed by atoms with Crippen molar-refractivity contribution in [2.45, 2.75) is 37.9 Å². The lowest BCUT2D eigenvalue weighted by molar-refractivity contribution is 0.165. The third-order valence-corrected chi connectivity index (χ3v) is 8.87. The van der Waals surface area contributed by atoms with Crippen LogP contribution in [-0.2, 0) is 29.2 Å². The van der Waals surface area contributed by atoms with Crippen LogP contribution in [0.1, 0.15) is 24.0 Å². The van der Waals surface area contributed by atoms with Crippen molar-refractivity contribution in [1.82, 2.24) is 34.1 Å². The number of pyridine rings is 1. The number of nitrogens with one attached hydrogen (secondary N) is 1. The smallest absolute Gasteiger partial charge is 0.278 e. The van der Waals surface area contributed by atoms with Gasteiger partial charge in [-0.25, -0.2) is 23.5 Å². The average molecular weight is 618 g/mol. The fourth-order valence-corrected chi connectivity index (χ4v) is 6.17. The number of hydrogen-bond acceptors (Lipinski definition) is 10. The summed E-state index contributed by atoms with van der Waals surface area (Å²) >= 11 is 0. The number of ether oxygens (including phenoxy) is 1. The molecule has 0 radical (unpaired) electrons. The van der Waals surface area contributed by atoms with E-state index in [1.54, 1.807) is 41.5 Å². The molecule has 0 bridgehead atoms. The molecule has 44 heavy (non-hydrogen) atoms. The Bertz CT molecular complexity index is 1930. The van der Waals surface area contributed by atoms with Gasteiger partial charge in [0.25, 0.3) is 5.56 Å². The maximum atomic E-state index is 13.4. The van der Waals surface area contributed by atoms with Crippen molar-refractivity contribution < 1.29 is 8.95 Å². The third-order valence-electron chi connectivity index (χ3n) is 8.24. The first-order chi connectivity index (χ1) is 21.0. The highest BCUT2D eigenvalue weighted by molar-refractivity contribution is 7.92. The fourth-order valence-electron chi connectivity index (χ4n) is 5.62. The normalized spacial score (nSPS) is 16.1. The van der Waals surface area contributed by atoms with Gasteiger partial charge in [0, 0.05) is 58.8 Å². The molecule has 1 aliphatic heterocycles. The van der Waals surface area contributed by atoms with Gasteiger partial charge in [0.1, 0.15) is 17.7 Å². The maximum Gasteiger partial charge on any atom is 0.278 e. The molecule has 12 nitrogen and oxygen atoms in total.